The molecule has 0 atom stereocenters. The standard InChI is InChI=1S/C27H36N2/c1-18(2)22-11-9-13-24(26(22)20(5)6)28-15-16-29(17-28)25-14-10-12-23(19(3)4)27(25)21(7)8/h9-16,18-21H,1-8H3. The van der Waals surface area contributed by atoms with Gasteiger partial charge in [0.25, 0.3) is 0 Å². The van der Waals surface area contributed by atoms with Gasteiger partial charge in [-0.25, -0.2) is 0 Å². The molecule has 2 heteroatoms. The molecule has 3 rings (SSSR count). The summed E-state index contributed by atoms with van der Waals surface area (Å²) in [5, 5.41) is 0. The highest BCUT2D eigenvalue weighted by Gasteiger charge is 2.26. The van der Waals surface area contributed by atoms with Crippen molar-refractivity contribution in [1.29, 1.82) is 0 Å². The summed E-state index contributed by atoms with van der Waals surface area (Å²) in [6, 6.07) is 13.3. The number of anilines is 2. The number of hydrogen-bond donors (Lipinski definition) is 0. The molecular formula is C27H36N2. The van der Waals surface area contributed by atoms with Gasteiger partial charge >= 0.3 is 0 Å². The Labute approximate surface area is 178 Å². The monoisotopic (exact) mass is 388 g/mol. The van der Waals surface area contributed by atoms with Crippen LogP contribution >= 0.6 is 0 Å². The Kier molecular flexibility index (Phi) is 6.41. The van der Waals surface area contributed by atoms with Crippen LogP contribution in [0, 0.1) is 6.67 Å². The van der Waals surface area contributed by atoms with Crippen LogP contribution in [0.2, 0.25) is 0 Å². The molecule has 0 saturated heterocycles. The summed E-state index contributed by atoms with van der Waals surface area (Å²) in [4.78, 5) is 4.32. The van der Waals surface area contributed by atoms with E-state index < -0.39 is 0 Å². The van der Waals surface area contributed by atoms with E-state index >= 15 is 0 Å². The maximum Gasteiger partial charge on any atom is 0.217 e. The Balaban J connectivity index is 1.98. The Morgan fingerprint density at radius 1 is 0.552 bits per heavy atom. The number of nitrogens with zero attached hydrogens (tertiary/aromatic N) is 2. The fraction of sp³-hybridized carbons (Fsp3) is 0.444. The highest BCUT2D eigenvalue weighted by atomic mass is 15.3. The summed E-state index contributed by atoms with van der Waals surface area (Å²) < 4.78 is 0. The molecule has 0 amide bonds. The van der Waals surface area contributed by atoms with E-state index in [9.17, 15) is 0 Å². The predicted octanol–water partition coefficient (Wildman–Crippen LogP) is 7.97. The Morgan fingerprint density at radius 3 is 1.24 bits per heavy atom. The minimum Gasteiger partial charge on any atom is -0.315 e. The highest BCUT2D eigenvalue weighted by Crippen LogP contribution is 2.40. The maximum absolute atomic E-state index is 3.60. The quantitative estimate of drug-likeness (QED) is 0.495. The molecule has 0 unspecified atom stereocenters. The molecule has 0 spiro atoms. The molecule has 1 aliphatic rings. The molecule has 29 heavy (non-hydrogen) atoms. The van der Waals surface area contributed by atoms with Crippen molar-refractivity contribution >= 4 is 11.4 Å². The molecule has 0 N–H and O–H groups in total. The van der Waals surface area contributed by atoms with E-state index in [0.717, 1.165) is 0 Å². The zero-order valence-corrected chi connectivity index (χ0v) is 19.3. The van der Waals surface area contributed by atoms with Gasteiger partial charge in [0.05, 0.1) is 0 Å². The van der Waals surface area contributed by atoms with Gasteiger partial charge in [-0.3, -0.25) is 0 Å². The average Bonchev–Trinajstić information content (AvgIpc) is 3.16. The van der Waals surface area contributed by atoms with Crippen LogP contribution in [0.3, 0.4) is 0 Å². The van der Waals surface area contributed by atoms with Gasteiger partial charge < -0.3 is 9.80 Å². The Hall–Kier alpha value is -2.22. The Morgan fingerprint density at radius 2 is 0.931 bits per heavy atom. The third-order valence-electron chi connectivity index (χ3n) is 5.73. The van der Waals surface area contributed by atoms with Crippen molar-refractivity contribution in [3.8, 4) is 0 Å². The lowest BCUT2D eigenvalue weighted by Crippen LogP contribution is -2.21. The zero-order chi connectivity index (χ0) is 21.3. The highest BCUT2D eigenvalue weighted by molar-refractivity contribution is 5.70. The minimum atomic E-state index is 0.461. The molecule has 154 valence electrons. The summed E-state index contributed by atoms with van der Waals surface area (Å²) in [7, 11) is 0. The molecule has 2 nitrogen and oxygen atoms in total. The summed E-state index contributed by atoms with van der Waals surface area (Å²) in [5.41, 5.74) is 8.15. The van der Waals surface area contributed by atoms with Crippen molar-refractivity contribution in [3.05, 3.63) is 77.7 Å². The first-order valence-electron chi connectivity index (χ1n) is 11.0. The van der Waals surface area contributed by atoms with Gasteiger partial charge in [0.2, 0.25) is 6.67 Å². The summed E-state index contributed by atoms with van der Waals surface area (Å²) in [6.45, 7) is 21.8. The van der Waals surface area contributed by atoms with Crippen molar-refractivity contribution < 1.29 is 0 Å². The average molecular weight is 389 g/mol. The summed E-state index contributed by atoms with van der Waals surface area (Å²) in [5.74, 6) is 1.93. The topological polar surface area (TPSA) is 6.48 Å². The van der Waals surface area contributed by atoms with Crippen LogP contribution in [0.1, 0.15) is 101 Å². The zero-order valence-electron chi connectivity index (χ0n) is 19.3. The van der Waals surface area contributed by atoms with E-state index in [0.29, 0.717) is 23.7 Å². The lowest BCUT2D eigenvalue weighted by Gasteiger charge is -2.28. The first kappa shape index (κ1) is 21.5. The van der Waals surface area contributed by atoms with E-state index in [4.69, 9.17) is 0 Å². The van der Waals surface area contributed by atoms with Crippen molar-refractivity contribution in [2.24, 2.45) is 0 Å². The first-order valence-corrected chi connectivity index (χ1v) is 11.0. The van der Waals surface area contributed by atoms with Gasteiger partial charge in [0.1, 0.15) is 0 Å². The number of benzene rings is 2. The molecule has 0 bridgehead atoms. The normalized spacial score (nSPS) is 14.3. The fourth-order valence-electron chi connectivity index (χ4n) is 4.41. The van der Waals surface area contributed by atoms with Gasteiger partial charge in [0, 0.05) is 23.8 Å². The fourth-order valence-corrected chi connectivity index (χ4v) is 4.41. The lowest BCUT2D eigenvalue weighted by molar-refractivity contribution is 0.785. The van der Waals surface area contributed by atoms with Crippen LogP contribution in [0.15, 0.2) is 48.8 Å². The minimum absolute atomic E-state index is 0.461. The molecule has 0 fully saturated rings. The smallest absolute Gasteiger partial charge is 0.217 e. The van der Waals surface area contributed by atoms with Gasteiger partial charge in [-0.05, 0) is 58.1 Å². The largest absolute Gasteiger partial charge is 0.315 e. The summed E-state index contributed by atoms with van der Waals surface area (Å²) in [6.07, 6.45) is 4.27. The van der Waals surface area contributed by atoms with E-state index in [1.54, 1.807) is 0 Å². The van der Waals surface area contributed by atoms with E-state index in [-0.39, 0.29) is 0 Å². The predicted molar refractivity (Wildman–Crippen MR) is 127 cm³/mol. The van der Waals surface area contributed by atoms with Gasteiger partial charge in [0.15, 0.2) is 0 Å². The van der Waals surface area contributed by atoms with Crippen LogP contribution in [0.25, 0.3) is 0 Å². The van der Waals surface area contributed by atoms with E-state index in [2.05, 4.69) is 121 Å². The SMILES string of the molecule is CC(C)c1cccc(N2[C]N(c3cccc(C(C)C)c3C(C)C)C=C2)c1C(C)C. The molecule has 1 aliphatic heterocycles. The molecule has 1 heterocycles. The van der Waals surface area contributed by atoms with Crippen LogP contribution in [0.5, 0.6) is 0 Å². The van der Waals surface area contributed by atoms with Crippen molar-refractivity contribution in [3.63, 3.8) is 0 Å². The second kappa shape index (κ2) is 8.65. The van der Waals surface area contributed by atoms with Crippen molar-refractivity contribution in [1.82, 2.24) is 0 Å². The van der Waals surface area contributed by atoms with Crippen molar-refractivity contribution in [2.45, 2.75) is 79.1 Å². The van der Waals surface area contributed by atoms with Crippen LogP contribution in [-0.4, -0.2) is 0 Å². The molecule has 0 aromatic heterocycles. The Bertz CT molecular complexity index is 803. The van der Waals surface area contributed by atoms with Gasteiger partial charge in [-0.15, -0.1) is 0 Å². The van der Waals surface area contributed by atoms with Crippen molar-refractivity contribution in [2.75, 3.05) is 9.80 Å². The third kappa shape index (κ3) is 4.22. The first-order chi connectivity index (χ1) is 13.7. The molecule has 0 aliphatic carbocycles. The van der Waals surface area contributed by atoms with Crippen LogP contribution in [0.4, 0.5) is 11.4 Å². The maximum atomic E-state index is 3.60. The lowest BCUT2D eigenvalue weighted by atomic mass is 9.88. The molecule has 2 aromatic carbocycles. The van der Waals surface area contributed by atoms with E-state index in [1.807, 2.05) is 0 Å². The molecular weight excluding hydrogens is 352 g/mol. The third-order valence-corrected chi connectivity index (χ3v) is 5.73. The second-order valence-corrected chi connectivity index (χ2v) is 9.32. The number of hydrogen-bond acceptors (Lipinski definition) is 2. The second-order valence-electron chi connectivity index (χ2n) is 9.32. The van der Waals surface area contributed by atoms with E-state index in [1.165, 1.54) is 33.6 Å². The van der Waals surface area contributed by atoms with Crippen LogP contribution in [-0.2, 0) is 0 Å². The number of rotatable bonds is 6. The summed E-state index contributed by atoms with van der Waals surface area (Å²) >= 11 is 0. The van der Waals surface area contributed by atoms with Crippen LogP contribution < -0.4 is 9.80 Å². The van der Waals surface area contributed by atoms with Gasteiger partial charge in [-0.2, -0.15) is 0 Å². The molecule has 2 radical (unpaired) electrons. The molecule has 0 saturated carbocycles. The van der Waals surface area contributed by atoms with Gasteiger partial charge in [-0.1, -0.05) is 79.7 Å². The molecule has 2 aromatic rings.